The summed E-state index contributed by atoms with van der Waals surface area (Å²) in [6.07, 6.45) is 0. The van der Waals surface area contributed by atoms with E-state index in [4.69, 9.17) is 17.0 Å². The van der Waals surface area contributed by atoms with Crippen molar-refractivity contribution in [1.82, 2.24) is 5.32 Å². The van der Waals surface area contributed by atoms with Gasteiger partial charge in [0.2, 0.25) is 0 Å². The Hall–Kier alpha value is -1.16. The zero-order chi connectivity index (χ0) is 17.9. The Morgan fingerprint density at radius 3 is 2.29 bits per heavy atom. The molecule has 5 nitrogen and oxygen atoms in total. The minimum absolute atomic E-state index is 0.0820. The number of methoxy groups -OCH3 is 1. The van der Waals surface area contributed by atoms with E-state index < -0.39 is 0 Å². The molecule has 0 bridgehead atoms. The smallest absolute Gasteiger partial charge is 0.257 e. The first-order chi connectivity index (χ1) is 11.3. The molecule has 3 N–H and O–H groups in total. The van der Waals surface area contributed by atoms with Gasteiger partial charge in [0.15, 0.2) is 5.11 Å². The number of carbonyl (C=O) groups is 1. The molecule has 0 fully saturated rings. The Kier molecular flexibility index (Phi) is 6.62. The summed E-state index contributed by atoms with van der Waals surface area (Å²) in [7, 11) is 1.55. The van der Waals surface area contributed by atoms with Crippen molar-refractivity contribution in [2.24, 2.45) is 0 Å². The molecule has 9 heteroatoms. The van der Waals surface area contributed by atoms with E-state index in [1.807, 2.05) is 0 Å². The first kappa shape index (κ1) is 19.2. The van der Waals surface area contributed by atoms with E-state index >= 15 is 0 Å². The Bertz CT molecular complexity index is 792. The van der Waals surface area contributed by atoms with Crippen LogP contribution in [0.2, 0.25) is 0 Å². The SMILES string of the molecule is COc1ccc(C(=O)NC(=S)Nc2cc(Br)c(O)c(Br)c2)cc1Br. The van der Waals surface area contributed by atoms with Crippen molar-refractivity contribution in [1.29, 1.82) is 0 Å². The highest BCUT2D eigenvalue weighted by Crippen LogP contribution is 2.35. The molecule has 126 valence electrons. The highest BCUT2D eigenvalue weighted by atomic mass is 79.9. The number of nitrogens with one attached hydrogen (secondary N) is 2. The molecule has 0 radical (unpaired) electrons. The molecule has 2 aromatic rings. The number of phenolic OH excluding ortho intramolecular Hbond substituents is 1. The number of phenols is 1. The Morgan fingerprint density at radius 2 is 1.75 bits per heavy atom. The minimum Gasteiger partial charge on any atom is -0.506 e. The highest BCUT2D eigenvalue weighted by Gasteiger charge is 2.12. The number of aromatic hydroxyl groups is 1. The van der Waals surface area contributed by atoms with Crippen molar-refractivity contribution >= 4 is 76.7 Å². The number of ether oxygens (including phenoxy) is 1. The molecule has 1 amide bonds. The number of benzene rings is 2. The Morgan fingerprint density at radius 1 is 1.12 bits per heavy atom. The summed E-state index contributed by atoms with van der Waals surface area (Å²) >= 11 is 14.9. The molecule has 0 saturated heterocycles. The summed E-state index contributed by atoms with van der Waals surface area (Å²) in [6.45, 7) is 0. The fourth-order valence-electron chi connectivity index (χ4n) is 1.78. The second kappa shape index (κ2) is 8.28. The lowest BCUT2D eigenvalue weighted by atomic mass is 10.2. The summed E-state index contributed by atoms with van der Waals surface area (Å²) in [5, 5.41) is 15.3. The molecule has 2 aromatic carbocycles. The van der Waals surface area contributed by atoms with Gasteiger partial charge in [0.05, 0.1) is 20.5 Å². The maximum Gasteiger partial charge on any atom is 0.257 e. The van der Waals surface area contributed by atoms with Crippen molar-refractivity contribution in [2.75, 3.05) is 12.4 Å². The summed E-state index contributed by atoms with van der Waals surface area (Å²) in [6, 6.07) is 8.24. The third-order valence-electron chi connectivity index (χ3n) is 2.92. The van der Waals surface area contributed by atoms with Gasteiger partial charge in [-0.25, -0.2) is 0 Å². The number of anilines is 1. The summed E-state index contributed by atoms with van der Waals surface area (Å²) in [5.74, 6) is 0.359. The van der Waals surface area contributed by atoms with Gasteiger partial charge < -0.3 is 15.2 Å². The summed E-state index contributed by atoms with van der Waals surface area (Å²) < 4.78 is 6.78. The molecule has 0 atom stereocenters. The third-order valence-corrected chi connectivity index (χ3v) is 4.95. The normalized spacial score (nSPS) is 10.2. The maximum absolute atomic E-state index is 12.2. The Balaban J connectivity index is 2.07. The molecule has 0 heterocycles. The van der Waals surface area contributed by atoms with Crippen LogP contribution in [0.5, 0.6) is 11.5 Å². The first-order valence-corrected chi connectivity index (χ1v) is 9.24. The van der Waals surface area contributed by atoms with Crippen LogP contribution < -0.4 is 15.4 Å². The maximum atomic E-state index is 12.2. The molecule has 0 aromatic heterocycles. The lowest BCUT2D eigenvalue weighted by molar-refractivity contribution is 0.0977. The van der Waals surface area contributed by atoms with Gasteiger partial charge in [-0.2, -0.15) is 0 Å². The predicted molar refractivity (Wildman–Crippen MR) is 108 cm³/mol. The van der Waals surface area contributed by atoms with Gasteiger partial charge in [0.25, 0.3) is 5.91 Å². The van der Waals surface area contributed by atoms with Crippen LogP contribution in [0.15, 0.2) is 43.7 Å². The van der Waals surface area contributed by atoms with Crippen molar-refractivity contribution in [3.8, 4) is 11.5 Å². The van der Waals surface area contributed by atoms with Crippen molar-refractivity contribution < 1.29 is 14.6 Å². The van der Waals surface area contributed by atoms with Crippen LogP contribution in [0, 0.1) is 0 Å². The largest absolute Gasteiger partial charge is 0.506 e. The molecular formula is C15H11Br3N2O3S. The molecule has 2 rings (SSSR count). The van der Waals surface area contributed by atoms with Gasteiger partial charge in [0, 0.05) is 11.3 Å². The average Bonchev–Trinajstić information content (AvgIpc) is 2.52. The summed E-state index contributed by atoms with van der Waals surface area (Å²) in [4.78, 5) is 12.2. The zero-order valence-corrected chi connectivity index (χ0v) is 17.8. The van der Waals surface area contributed by atoms with Gasteiger partial charge in [-0.05, 0) is 90.3 Å². The standard InChI is InChI=1S/C15H11Br3N2O3S/c1-23-12-3-2-7(4-9(12)16)14(22)20-15(24)19-8-5-10(17)13(21)11(18)6-8/h2-6,21H,1H3,(H2,19,20,22,24). The number of amides is 1. The molecule has 0 unspecified atom stereocenters. The van der Waals surface area contributed by atoms with E-state index in [2.05, 4.69) is 58.4 Å². The van der Waals surface area contributed by atoms with Crippen LogP contribution >= 0.6 is 60.0 Å². The van der Waals surface area contributed by atoms with Crippen LogP contribution in [-0.2, 0) is 0 Å². The minimum atomic E-state index is -0.354. The molecule has 0 spiro atoms. The number of hydrogen-bond acceptors (Lipinski definition) is 4. The fraction of sp³-hybridized carbons (Fsp3) is 0.0667. The van der Waals surface area contributed by atoms with Crippen LogP contribution in [0.25, 0.3) is 0 Å². The monoisotopic (exact) mass is 536 g/mol. The molecule has 24 heavy (non-hydrogen) atoms. The number of halogens is 3. The zero-order valence-electron chi connectivity index (χ0n) is 12.2. The van der Waals surface area contributed by atoms with Gasteiger partial charge in [0.1, 0.15) is 11.5 Å². The van der Waals surface area contributed by atoms with Crippen LogP contribution in [0.1, 0.15) is 10.4 Å². The summed E-state index contributed by atoms with van der Waals surface area (Å²) in [5.41, 5.74) is 1.03. The van der Waals surface area contributed by atoms with Crippen LogP contribution in [0.4, 0.5) is 5.69 Å². The number of thiocarbonyl (C=S) groups is 1. The van der Waals surface area contributed by atoms with Crippen LogP contribution in [-0.4, -0.2) is 23.2 Å². The lowest BCUT2D eigenvalue weighted by Crippen LogP contribution is -2.34. The predicted octanol–water partition coefficient (Wildman–Crippen LogP) is 4.82. The van der Waals surface area contributed by atoms with Gasteiger partial charge in [-0.3, -0.25) is 10.1 Å². The van der Waals surface area contributed by atoms with Crippen molar-refractivity contribution in [3.63, 3.8) is 0 Å². The Labute approximate surface area is 169 Å². The van der Waals surface area contributed by atoms with E-state index in [-0.39, 0.29) is 16.8 Å². The first-order valence-electron chi connectivity index (χ1n) is 6.45. The topological polar surface area (TPSA) is 70.6 Å². The molecule has 0 aliphatic heterocycles. The number of hydrogen-bond donors (Lipinski definition) is 3. The van der Waals surface area contributed by atoms with E-state index in [0.717, 1.165) is 0 Å². The highest BCUT2D eigenvalue weighted by molar-refractivity contribution is 9.11. The van der Waals surface area contributed by atoms with E-state index in [9.17, 15) is 9.90 Å². The number of rotatable bonds is 3. The van der Waals surface area contributed by atoms with Crippen molar-refractivity contribution in [3.05, 3.63) is 49.3 Å². The molecular weight excluding hydrogens is 528 g/mol. The van der Waals surface area contributed by atoms with Gasteiger partial charge >= 0.3 is 0 Å². The number of carbonyl (C=O) groups excluding carboxylic acids is 1. The van der Waals surface area contributed by atoms with Gasteiger partial charge in [-0.15, -0.1) is 0 Å². The molecule has 0 aliphatic rings. The molecule has 0 saturated carbocycles. The van der Waals surface area contributed by atoms with E-state index in [0.29, 0.717) is 30.4 Å². The second-order valence-corrected chi connectivity index (χ2v) is 7.52. The lowest BCUT2D eigenvalue weighted by Gasteiger charge is -2.12. The third kappa shape index (κ3) is 4.69. The van der Waals surface area contributed by atoms with Crippen molar-refractivity contribution in [2.45, 2.75) is 0 Å². The van der Waals surface area contributed by atoms with Crippen LogP contribution in [0.3, 0.4) is 0 Å². The second-order valence-electron chi connectivity index (χ2n) is 4.55. The fourth-order valence-corrected chi connectivity index (χ4v) is 3.72. The van der Waals surface area contributed by atoms with E-state index in [1.165, 1.54) is 0 Å². The molecule has 0 aliphatic carbocycles. The average molecular weight is 539 g/mol. The van der Waals surface area contributed by atoms with Gasteiger partial charge in [-0.1, -0.05) is 0 Å². The quantitative estimate of drug-likeness (QED) is 0.386. The van der Waals surface area contributed by atoms with E-state index in [1.54, 1.807) is 37.4 Å².